The lowest BCUT2D eigenvalue weighted by Crippen LogP contribution is -2.15. The maximum Gasteiger partial charge on any atom is 0.274 e. The summed E-state index contributed by atoms with van der Waals surface area (Å²) in [5.74, 6) is -0.268. The molecule has 3 N–H and O–H groups in total. The molecule has 8 heteroatoms. The molecule has 0 spiro atoms. The van der Waals surface area contributed by atoms with Gasteiger partial charge in [-0.05, 0) is 66.8 Å². The molecule has 33 heavy (non-hydrogen) atoms. The summed E-state index contributed by atoms with van der Waals surface area (Å²) in [7, 11) is 0. The summed E-state index contributed by atoms with van der Waals surface area (Å²) in [5.41, 5.74) is 9.05. The van der Waals surface area contributed by atoms with Crippen LogP contribution in [0.15, 0.2) is 55.0 Å². The van der Waals surface area contributed by atoms with Crippen LogP contribution in [0.3, 0.4) is 0 Å². The van der Waals surface area contributed by atoms with Crippen molar-refractivity contribution in [3.8, 4) is 17.2 Å². The number of benzene rings is 1. The lowest BCUT2D eigenvalue weighted by atomic mass is 9.99. The molecule has 0 unspecified atom stereocenters. The van der Waals surface area contributed by atoms with Gasteiger partial charge in [0.25, 0.3) is 5.91 Å². The Kier molecular flexibility index (Phi) is 4.75. The minimum Gasteiger partial charge on any atom is -0.383 e. The number of nitrogens with one attached hydrogen (secondary N) is 1. The molecule has 1 fully saturated rings. The van der Waals surface area contributed by atoms with Crippen LogP contribution in [0.1, 0.15) is 40.0 Å². The number of nitrogen functional groups attached to an aromatic ring is 1. The van der Waals surface area contributed by atoms with Gasteiger partial charge in [-0.15, -0.1) is 0 Å². The molecule has 0 bridgehead atoms. The molecule has 3 heterocycles. The average Bonchev–Trinajstić information content (AvgIpc) is 3.58. The fourth-order valence-electron chi connectivity index (χ4n) is 3.81. The van der Waals surface area contributed by atoms with Gasteiger partial charge in [0.2, 0.25) is 0 Å². The molecule has 1 aliphatic rings. The van der Waals surface area contributed by atoms with Gasteiger partial charge >= 0.3 is 0 Å². The fourth-order valence-corrected chi connectivity index (χ4v) is 3.81. The standard InChI is InChI=1S/C25H19FN6O/c1-14-2-3-18(32-24(33)21-9-17(4-7-29-21)25(26)5-6-25)10-19(14)15-8-16-13-31-23(28)20(11-27)22(16)30-12-15/h2-4,7-10,12-13H,5-6H2,1H3,(H2,28,31)(H,32,33). The maximum absolute atomic E-state index is 14.4. The fraction of sp³-hybridized carbons (Fsp3) is 0.160. The summed E-state index contributed by atoms with van der Waals surface area (Å²) < 4.78 is 14.4. The van der Waals surface area contributed by atoms with Crippen LogP contribution < -0.4 is 11.1 Å². The summed E-state index contributed by atoms with van der Waals surface area (Å²) in [5, 5.41) is 12.9. The number of aromatic nitrogens is 3. The number of hydrogen-bond donors (Lipinski definition) is 2. The number of alkyl halides is 1. The smallest absolute Gasteiger partial charge is 0.274 e. The molecule has 3 aromatic heterocycles. The van der Waals surface area contributed by atoms with Crippen LogP contribution in [0.4, 0.5) is 15.9 Å². The molecular weight excluding hydrogens is 419 g/mol. The number of nitrogens with zero attached hydrogens (tertiary/aromatic N) is 4. The van der Waals surface area contributed by atoms with Gasteiger partial charge in [-0.25, -0.2) is 9.37 Å². The lowest BCUT2D eigenvalue weighted by molar-refractivity contribution is 0.102. The SMILES string of the molecule is Cc1ccc(NC(=O)c2cc(C3(F)CC3)ccn2)cc1-c1cnc2c(C#N)c(N)ncc2c1. The zero-order valence-corrected chi connectivity index (χ0v) is 17.8. The molecule has 0 radical (unpaired) electrons. The monoisotopic (exact) mass is 438 g/mol. The van der Waals surface area contributed by atoms with Crippen molar-refractivity contribution in [2.75, 3.05) is 11.1 Å². The summed E-state index contributed by atoms with van der Waals surface area (Å²) in [6.07, 6.45) is 5.65. The van der Waals surface area contributed by atoms with Gasteiger partial charge in [-0.1, -0.05) is 6.07 Å². The van der Waals surface area contributed by atoms with E-state index in [0.717, 1.165) is 16.7 Å². The average molecular weight is 438 g/mol. The van der Waals surface area contributed by atoms with E-state index in [-0.39, 0.29) is 17.1 Å². The van der Waals surface area contributed by atoms with E-state index < -0.39 is 11.6 Å². The van der Waals surface area contributed by atoms with Gasteiger partial charge < -0.3 is 11.1 Å². The van der Waals surface area contributed by atoms with Crippen LogP contribution in [0.25, 0.3) is 22.0 Å². The zero-order chi connectivity index (χ0) is 23.2. The lowest BCUT2D eigenvalue weighted by Gasteiger charge is -2.12. The van der Waals surface area contributed by atoms with Crippen molar-refractivity contribution in [1.82, 2.24) is 15.0 Å². The first-order valence-corrected chi connectivity index (χ1v) is 10.4. The van der Waals surface area contributed by atoms with Crippen molar-refractivity contribution in [1.29, 1.82) is 5.26 Å². The van der Waals surface area contributed by atoms with Crippen molar-refractivity contribution < 1.29 is 9.18 Å². The highest BCUT2D eigenvalue weighted by Gasteiger charge is 2.45. The summed E-state index contributed by atoms with van der Waals surface area (Å²) in [4.78, 5) is 25.4. The van der Waals surface area contributed by atoms with Gasteiger partial charge in [0, 0.05) is 35.2 Å². The highest BCUT2D eigenvalue weighted by Crippen LogP contribution is 2.49. The second kappa shape index (κ2) is 7.64. The largest absolute Gasteiger partial charge is 0.383 e. The third-order valence-electron chi connectivity index (χ3n) is 5.87. The van der Waals surface area contributed by atoms with E-state index in [1.807, 2.05) is 31.2 Å². The molecule has 1 aliphatic carbocycles. The number of carbonyl (C=O) groups excluding carboxylic acids is 1. The molecule has 7 nitrogen and oxygen atoms in total. The summed E-state index contributed by atoms with van der Waals surface area (Å²) in [6.45, 7) is 1.95. The second-order valence-corrected chi connectivity index (χ2v) is 8.17. The predicted octanol–water partition coefficient (Wildman–Crippen LogP) is 4.67. The Balaban J connectivity index is 1.46. The van der Waals surface area contributed by atoms with Gasteiger partial charge in [0.15, 0.2) is 0 Å². The van der Waals surface area contributed by atoms with Crippen molar-refractivity contribution in [2.45, 2.75) is 25.4 Å². The molecular formula is C25H19FN6O. The van der Waals surface area contributed by atoms with Gasteiger partial charge in [-0.2, -0.15) is 5.26 Å². The topological polar surface area (TPSA) is 118 Å². The first kappa shape index (κ1) is 20.5. The number of anilines is 2. The molecule has 0 atom stereocenters. The van der Waals surface area contributed by atoms with E-state index in [2.05, 4.69) is 20.3 Å². The number of aryl methyl sites for hydroxylation is 1. The Morgan fingerprint density at radius 3 is 2.73 bits per heavy atom. The number of hydrogen-bond acceptors (Lipinski definition) is 6. The van der Waals surface area contributed by atoms with E-state index >= 15 is 0 Å². The van der Waals surface area contributed by atoms with Crippen molar-refractivity contribution in [3.63, 3.8) is 0 Å². The molecule has 4 aromatic rings. The minimum atomic E-state index is -1.33. The van der Waals surface area contributed by atoms with Gasteiger partial charge in [-0.3, -0.25) is 14.8 Å². The number of amides is 1. The maximum atomic E-state index is 14.4. The molecule has 1 amide bonds. The number of pyridine rings is 3. The van der Waals surface area contributed by atoms with Crippen molar-refractivity contribution in [3.05, 3.63) is 77.4 Å². The Bertz CT molecular complexity index is 1470. The first-order chi connectivity index (χ1) is 15.9. The normalized spacial score (nSPS) is 14.0. The molecule has 5 rings (SSSR count). The number of nitriles is 1. The van der Waals surface area contributed by atoms with Crippen LogP contribution in [0, 0.1) is 18.3 Å². The third-order valence-corrected chi connectivity index (χ3v) is 5.87. The highest BCUT2D eigenvalue weighted by atomic mass is 19.1. The molecule has 1 saturated carbocycles. The van der Waals surface area contributed by atoms with Crippen molar-refractivity contribution >= 4 is 28.3 Å². The summed E-state index contributed by atoms with van der Waals surface area (Å²) >= 11 is 0. The van der Waals surface area contributed by atoms with Crippen LogP contribution in [-0.2, 0) is 5.67 Å². The van der Waals surface area contributed by atoms with Gasteiger partial charge in [0.1, 0.15) is 28.8 Å². The predicted molar refractivity (Wildman–Crippen MR) is 123 cm³/mol. The van der Waals surface area contributed by atoms with Crippen LogP contribution in [0.5, 0.6) is 0 Å². The molecule has 1 aromatic carbocycles. The third kappa shape index (κ3) is 3.74. The quantitative estimate of drug-likeness (QED) is 0.478. The Morgan fingerprint density at radius 2 is 1.97 bits per heavy atom. The van der Waals surface area contributed by atoms with E-state index in [4.69, 9.17) is 5.73 Å². The zero-order valence-electron chi connectivity index (χ0n) is 17.8. The highest BCUT2D eigenvalue weighted by molar-refractivity contribution is 6.03. The number of rotatable bonds is 4. The Hall–Kier alpha value is -4.38. The Morgan fingerprint density at radius 1 is 1.15 bits per heavy atom. The number of halogens is 1. The first-order valence-electron chi connectivity index (χ1n) is 10.4. The van der Waals surface area contributed by atoms with E-state index in [9.17, 15) is 14.4 Å². The molecule has 0 saturated heterocycles. The van der Waals surface area contributed by atoms with Crippen LogP contribution in [-0.4, -0.2) is 20.9 Å². The van der Waals surface area contributed by atoms with E-state index in [0.29, 0.717) is 35.0 Å². The van der Waals surface area contributed by atoms with Crippen LogP contribution in [0.2, 0.25) is 0 Å². The summed E-state index contributed by atoms with van der Waals surface area (Å²) in [6, 6.07) is 12.6. The van der Waals surface area contributed by atoms with Crippen LogP contribution >= 0.6 is 0 Å². The number of nitrogens with two attached hydrogens (primary N) is 1. The van der Waals surface area contributed by atoms with Crippen molar-refractivity contribution in [2.24, 2.45) is 0 Å². The number of carbonyl (C=O) groups is 1. The van der Waals surface area contributed by atoms with E-state index in [1.54, 1.807) is 24.5 Å². The van der Waals surface area contributed by atoms with Gasteiger partial charge in [0.05, 0.1) is 5.52 Å². The second-order valence-electron chi connectivity index (χ2n) is 8.17. The number of fused-ring (bicyclic) bond motifs is 1. The van der Waals surface area contributed by atoms with E-state index in [1.165, 1.54) is 12.3 Å². The molecule has 0 aliphatic heterocycles. The minimum absolute atomic E-state index is 0.143. The molecule has 162 valence electrons. The Labute approximate surface area is 189 Å².